The maximum absolute atomic E-state index is 9.75. The Morgan fingerprint density at radius 1 is 1.89 bits per heavy atom. The van der Waals surface area contributed by atoms with Crippen LogP contribution in [0.2, 0.25) is 0 Å². The fraction of sp³-hybridized carbons (Fsp3) is 0.250. The number of hydrogen-bond acceptors (Lipinski definition) is 4. The molecule has 9 heavy (non-hydrogen) atoms. The lowest BCUT2D eigenvalue weighted by atomic mass is 10.5. The van der Waals surface area contributed by atoms with Gasteiger partial charge in [-0.05, 0) is 11.5 Å². The van der Waals surface area contributed by atoms with Crippen molar-refractivity contribution in [3.05, 3.63) is 11.1 Å². The van der Waals surface area contributed by atoms with Crippen molar-refractivity contribution in [1.29, 1.82) is 0 Å². The second kappa shape index (κ2) is 3.13. The molecule has 5 heteroatoms. The van der Waals surface area contributed by atoms with Crippen molar-refractivity contribution in [3.63, 3.8) is 0 Å². The van der Waals surface area contributed by atoms with Crippen molar-refractivity contribution in [1.82, 2.24) is 14.9 Å². The lowest BCUT2D eigenvalue weighted by Crippen LogP contribution is -2.07. The van der Waals surface area contributed by atoms with Crippen LogP contribution in [-0.2, 0) is 11.3 Å². The highest BCUT2D eigenvalue weighted by molar-refractivity contribution is 7.05. The molecule has 0 atom stereocenters. The summed E-state index contributed by atoms with van der Waals surface area (Å²) >= 11 is 1.28. The Hall–Kier alpha value is -0.970. The third-order valence-corrected chi connectivity index (χ3v) is 1.43. The number of carbonyl (C=O) groups excluding carboxylic acids is 1. The van der Waals surface area contributed by atoms with Gasteiger partial charge in [-0.2, -0.15) is 0 Å². The molecule has 1 heterocycles. The van der Waals surface area contributed by atoms with Crippen molar-refractivity contribution >= 4 is 17.9 Å². The molecular formula is C4H5N3OS. The first-order valence-corrected chi connectivity index (χ1v) is 3.14. The summed E-state index contributed by atoms with van der Waals surface area (Å²) in [6.07, 6.45) is 2.28. The molecule has 0 aliphatic carbocycles. The van der Waals surface area contributed by atoms with Crippen LogP contribution in [0, 0.1) is 0 Å². The Kier molecular flexibility index (Phi) is 2.14. The minimum absolute atomic E-state index is 0.529. The highest BCUT2D eigenvalue weighted by Gasteiger charge is 1.91. The predicted molar refractivity (Wildman–Crippen MR) is 32.8 cm³/mol. The molecule has 0 aliphatic rings. The van der Waals surface area contributed by atoms with Gasteiger partial charge in [0.05, 0.1) is 17.6 Å². The molecule has 1 amide bonds. The van der Waals surface area contributed by atoms with E-state index < -0.39 is 0 Å². The fourth-order valence-corrected chi connectivity index (χ4v) is 0.849. The molecule has 0 bridgehead atoms. The van der Waals surface area contributed by atoms with Gasteiger partial charge in [-0.1, -0.05) is 4.49 Å². The summed E-state index contributed by atoms with van der Waals surface area (Å²) < 4.78 is 3.61. The summed E-state index contributed by atoms with van der Waals surface area (Å²) in [5.74, 6) is 0. The second-order valence-corrected chi connectivity index (χ2v) is 2.25. The topological polar surface area (TPSA) is 54.9 Å². The van der Waals surface area contributed by atoms with Crippen LogP contribution in [0.3, 0.4) is 0 Å². The number of rotatable bonds is 3. The van der Waals surface area contributed by atoms with Crippen LogP contribution >= 0.6 is 11.5 Å². The zero-order valence-corrected chi connectivity index (χ0v) is 5.39. The van der Waals surface area contributed by atoms with Crippen LogP contribution in [0.5, 0.6) is 0 Å². The van der Waals surface area contributed by atoms with Crippen LogP contribution in [0.4, 0.5) is 0 Å². The van der Waals surface area contributed by atoms with E-state index in [1.165, 1.54) is 11.5 Å². The SMILES string of the molecule is O=CNCc1cnns1. The van der Waals surface area contributed by atoms with Gasteiger partial charge in [0.25, 0.3) is 0 Å². The minimum Gasteiger partial charge on any atom is -0.354 e. The average Bonchev–Trinajstić information content (AvgIpc) is 2.34. The molecule has 0 fully saturated rings. The Morgan fingerprint density at radius 2 is 2.78 bits per heavy atom. The average molecular weight is 143 g/mol. The Labute approximate surface area is 56.1 Å². The number of aromatic nitrogens is 2. The van der Waals surface area contributed by atoms with Gasteiger partial charge in [-0.25, -0.2) is 0 Å². The highest BCUT2D eigenvalue weighted by atomic mass is 32.1. The first-order chi connectivity index (χ1) is 4.43. The zero-order chi connectivity index (χ0) is 6.53. The quantitative estimate of drug-likeness (QED) is 0.595. The van der Waals surface area contributed by atoms with E-state index >= 15 is 0 Å². The predicted octanol–water partition coefficient (Wildman–Crippen LogP) is -0.216. The molecule has 0 spiro atoms. The van der Waals surface area contributed by atoms with Gasteiger partial charge < -0.3 is 5.32 Å². The van der Waals surface area contributed by atoms with Crippen LogP contribution in [0.1, 0.15) is 4.88 Å². The van der Waals surface area contributed by atoms with Crippen molar-refractivity contribution < 1.29 is 4.79 Å². The molecule has 48 valence electrons. The number of nitrogens with one attached hydrogen (secondary N) is 1. The second-order valence-electron chi connectivity index (χ2n) is 1.38. The summed E-state index contributed by atoms with van der Waals surface area (Å²) in [5, 5.41) is 6.09. The van der Waals surface area contributed by atoms with E-state index in [0.29, 0.717) is 13.0 Å². The molecular weight excluding hydrogens is 138 g/mol. The van der Waals surface area contributed by atoms with Crippen molar-refractivity contribution in [2.45, 2.75) is 6.54 Å². The Balaban J connectivity index is 2.38. The number of carbonyl (C=O) groups is 1. The van der Waals surface area contributed by atoms with Crippen LogP contribution in [0.25, 0.3) is 0 Å². The fourth-order valence-electron chi connectivity index (χ4n) is 0.408. The van der Waals surface area contributed by atoms with Crippen LogP contribution in [0.15, 0.2) is 6.20 Å². The van der Waals surface area contributed by atoms with E-state index in [-0.39, 0.29) is 0 Å². The van der Waals surface area contributed by atoms with Gasteiger partial charge in [0.2, 0.25) is 6.41 Å². The van der Waals surface area contributed by atoms with Gasteiger partial charge >= 0.3 is 0 Å². The number of amides is 1. The first kappa shape index (κ1) is 6.15. The normalized spacial score (nSPS) is 8.89. The van der Waals surface area contributed by atoms with E-state index in [0.717, 1.165) is 4.88 Å². The Bertz CT molecular complexity index is 174. The monoisotopic (exact) mass is 143 g/mol. The standard InChI is InChI=1S/C4H5N3OS/c8-3-5-1-4-2-6-7-9-4/h2-3H,1H2,(H,5,8). The lowest BCUT2D eigenvalue weighted by molar-refractivity contribution is -0.109. The smallest absolute Gasteiger partial charge is 0.207 e. The maximum Gasteiger partial charge on any atom is 0.207 e. The van der Waals surface area contributed by atoms with E-state index in [1.54, 1.807) is 6.20 Å². The summed E-state index contributed by atoms with van der Waals surface area (Å²) in [6, 6.07) is 0. The first-order valence-electron chi connectivity index (χ1n) is 2.37. The molecule has 0 aliphatic heterocycles. The molecule has 0 unspecified atom stereocenters. The van der Waals surface area contributed by atoms with Gasteiger partial charge in [-0.3, -0.25) is 4.79 Å². The molecule has 1 N–H and O–H groups in total. The third-order valence-electron chi connectivity index (χ3n) is 0.767. The van der Waals surface area contributed by atoms with Crippen LogP contribution < -0.4 is 5.32 Å². The van der Waals surface area contributed by atoms with E-state index in [4.69, 9.17) is 0 Å². The third kappa shape index (κ3) is 1.77. The van der Waals surface area contributed by atoms with E-state index in [9.17, 15) is 4.79 Å². The van der Waals surface area contributed by atoms with Crippen molar-refractivity contribution in [2.24, 2.45) is 0 Å². The molecule has 0 saturated heterocycles. The molecule has 1 rings (SSSR count). The molecule has 0 radical (unpaired) electrons. The summed E-state index contributed by atoms with van der Waals surface area (Å²) in [7, 11) is 0. The largest absolute Gasteiger partial charge is 0.354 e. The maximum atomic E-state index is 9.75. The van der Waals surface area contributed by atoms with Gasteiger partial charge in [0.1, 0.15) is 0 Å². The molecule has 0 aromatic carbocycles. The minimum atomic E-state index is 0.529. The van der Waals surface area contributed by atoms with Crippen molar-refractivity contribution in [3.8, 4) is 0 Å². The highest BCUT2D eigenvalue weighted by Crippen LogP contribution is 1.98. The number of hydrogen-bond donors (Lipinski definition) is 1. The van der Waals surface area contributed by atoms with Gasteiger partial charge in [0.15, 0.2) is 0 Å². The summed E-state index contributed by atoms with van der Waals surface area (Å²) in [5.41, 5.74) is 0. The summed E-state index contributed by atoms with van der Waals surface area (Å²) in [6.45, 7) is 0.529. The van der Waals surface area contributed by atoms with Crippen LogP contribution in [-0.4, -0.2) is 16.0 Å². The molecule has 1 aromatic rings. The zero-order valence-electron chi connectivity index (χ0n) is 4.57. The molecule has 1 aromatic heterocycles. The lowest BCUT2D eigenvalue weighted by Gasteiger charge is -1.87. The molecule has 0 saturated carbocycles. The van der Waals surface area contributed by atoms with E-state index in [2.05, 4.69) is 14.9 Å². The Morgan fingerprint density at radius 3 is 3.33 bits per heavy atom. The summed E-state index contributed by atoms with van der Waals surface area (Å²) in [4.78, 5) is 10.7. The molecule has 4 nitrogen and oxygen atoms in total. The van der Waals surface area contributed by atoms with Gasteiger partial charge in [0, 0.05) is 0 Å². The van der Waals surface area contributed by atoms with Crippen molar-refractivity contribution in [2.75, 3.05) is 0 Å². The number of nitrogens with zero attached hydrogens (tertiary/aromatic N) is 2. The van der Waals surface area contributed by atoms with E-state index in [1.807, 2.05) is 0 Å². The van der Waals surface area contributed by atoms with Gasteiger partial charge in [-0.15, -0.1) is 5.10 Å².